The van der Waals surface area contributed by atoms with Crippen molar-refractivity contribution in [3.8, 4) is 0 Å². The van der Waals surface area contributed by atoms with E-state index in [1.807, 2.05) is 0 Å². The predicted molar refractivity (Wildman–Crippen MR) is 76.0 cm³/mol. The standard InChI is InChI=1S/C14H23N3S/c1-10(14-9-18-11(2)16-14)17(13-5-6-13)8-12-4-3-7-15-12/h9-10,12-13,15H,3-8H2,1-2H3. The van der Waals surface area contributed by atoms with Gasteiger partial charge in [0.2, 0.25) is 0 Å². The highest BCUT2D eigenvalue weighted by Crippen LogP contribution is 2.35. The zero-order valence-corrected chi connectivity index (χ0v) is 12.2. The molecule has 1 saturated carbocycles. The van der Waals surface area contributed by atoms with Gasteiger partial charge in [0.15, 0.2) is 0 Å². The van der Waals surface area contributed by atoms with Gasteiger partial charge in [0.25, 0.3) is 0 Å². The van der Waals surface area contributed by atoms with Gasteiger partial charge in [-0.05, 0) is 46.1 Å². The third-order valence-electron chi connectivity index (χ3n) is 4.17. The SMILES string of the molecule is Cc1nc(C(C)N(CC2CCCN2)C2CC2)cs1. The second-order valence-electron chi connectivity index (χ2n) is 5.69. The Labute approximate surface area is 114 Å². The number of aromatic nitrogens is 1. The van der Waals surface area contributed by atoms with Crippen molar-refractivity contribution in [2.45, 2.75) is 57.7 Å². The van der Waals surface area contributed by atoms with Crippen LogP contribution in [0.25, 0.3) is 0 Å². The molecule has 100 valence electrons. The molecular weight excluding hydrogens is 242 g/mol. The summed E-state index contributed by atoms with van der Waals surface area (Å²) in [5.74, 6) is 0. The first-order chi connectivity index (χ1) is 8.74. The summed E-state index contributed by atoms with van der Waals surface area (Å²) in [4.78, 5) is 7.35. The van der Waals surface area contributed by atoms with Crippen LogP contribution in [0.1, 0.15) is 49.4 Å². The molecule has 2 heterocycles. The van der Waals surface area contributed by atoms with Gasteiger partial charge in [-0.25, -0.2) is 4.98 Å². The molecule has 0 aromatic carbocycles. The van der Waals surface area contributed by atoms with Crippen molar-refractivity contribution < 1.29 is 0 Å². The van der Waals surface area contributed by atoms with Crippen LogP contribution in [0.2, 0.25) is 0 Å². The van der Waals surface area contributed by atoms with Gasteiger partial charge in [0.1, 0.15) is 0 Å². The quantitative estimate of drug-likeness (QED) is 0.887. The molecule has 1 saturated heterocycles. The Bertz CT molecular complexity index is 393. The fourth-order valence-corrected chi connectivity index (χ4v) is 3.64. The number of nitrogens with one attached hydrogen (secondary N) is 1. The lowest BCUT2D eigenvalue weighted by molar-refractivity contribution is 0.179. The maximum absolute atomic E-state index is 4.67. The van der Waals surface area contributed by atoms with Crippen LogP contribution in [-0.4, -0.2) is 35.1 Å². The van der Waals surface area contributed by atoms with E-state index in [-0.39, 0.29) is 0 Å². The molecule has 3 rings (SSSR count). The van der Waals surface area contributed by atoms with Gasteiger partial charge in [0, 0.05) is 24.0 Å². The summed E-state index contributed by atoms with van der Waals surface area (Å²) in [5.41, 5.74) is 1.27. The maximum Gasteiger partial charge on any atom is 0.0898 e. The van der Waals surface area contributed by atoms with E-state index in [0.29, 0.717) is 12.1 Å². The molecular formula is C14H23N3S. The van der Waals surface area contributed by atoms with Crippen LogP contribution >= 0.6 is 11.3 Å². The summed E-state index contributed by atoms with van der Waals surface area (Å²) in [6, 6.07) is 1.99. The second-order valence-corrected chi connectivity index (χ2v) is 6.75. The van der Waals surface area contributed by atoms with Crippen LogP contribution in [0.3, 0.4) is 0 Å². The summed E-state index contributed by atoms with van der Waals surface area (Å²) in [5, 5.41) is 7.04. The van der Waals surface area contributed by atoms with Crippen molar-refractivity contribution in [3.05, 3.63) is 16.1 Å². The van der Waals surface area contributed by atoms with Crippen LogP contribution < -0.4 is 5.32 Å². The van der Waals surface area contributed by atoms with Crippen LogP contribution in [0.5, 0.6) is 0 Å². The molecule has 2 unspecified atom stereocenters. The van der Waals surface area contributed by atoms with Crippen LogP contribution in [0.4, 0.5) is 0 Å². The summed E-state index contributed by atoms with van der Waals surface area (Å²) >= 11 is 1.77. The van der Waals surface area contributed by atoms with Crippen molar-refractivity contribution in [1.29, 1.82) is 0 Å². The zero-order valence-electron chi connectivity index (χ0n) is 11.4. The molecule has 18 heavy (non-hydrogen) atoms. The topological polar surface area (TPSA) is 28.2 Å². The Hall–Kier alpha value is -0.450. The lowest BCUT2D eigenvalue weighted by atomic mass is 10.1. The van der Waals surface area contributed by atoms with Gasteiger partial charge >= 0.3 is 0 Å². The molecule has 3 nitrogen and oxygen atoms in total. The average molecular weight is 265 g/mol. The summed E-state index contributed by atoms with van der Waals surface area (Å²) in [6.45, 7) is 6.82. The van der Waals surface area contributed by atoms with E-state index in [2.05, 4.69) is 34.4 Å². The van der Waals surface area contributed by atoms with Gasteiger partial charge in [-0.15, -0.1) is 11.3 Å². The van der Waals surface area contributed by atoms with Gasteiger partial charge in [-0.1, -0.05) is 0 Å². The van der Waals surface area contributed by atoms with E-state index >= 15 is 0 Å². The number of hydrogen-bond acceptors (Lipinski definition) is 4. The Morgan fingerprint density at radius 1 is 1.50 bits per heavy atom. The van der Waals surface area contributed by atoms with Gasteiger partial charge < -0.3 is 5.32 Å². The van der Waals surface area contributed by atoms with Crippen LogP contribution in [-0.2, 0) is 0 Å². The van der Waals surface area contributed by atoms with Gasteiger partial charge in [-0.3, -0.25) is 4.90 Å². The first-order valence-electron chi connectivity index (χ1n) is 7.15. The fraction of sp³-hybridized carbons (Fsp3) is 0.786. The smallest absolute Gasteiger partial charge is 0.0898 e. The fourth-order valence-electron chi connectivity index (χ4n) is 2.94. The molecule has 1 aliphatic carbocycles. The summed E-state index contributed by atoms with van der Waals surface area (Å²) in [6.07, 6.45) is 5.43. The molecule has 0 radical (unpaired) electrons. The average Bonchev–Trinajstić information content (AvgIpc) is 2.88. The molecule has 4 heteroatoms. The van der Waals surface area contributed by atoms with Crippen molar-refractivity contribution in [1.82, 2.24) is 15.2 Å². The minimum Gasteiger partial charge on any atom is -0.313 e. The van der Waals surface area contributed by atoms with Crippen molar-refractivity contribution >= 4 is 11.3 Å². The van der Waals surface area contributed by atoms with E-state index in [1.165, 1.54) is 49.5 Å². The van der Waals surface area contributed by atoms with E-state index in [9.17, 15) is 0 Å². The molecule has 0 bridgehead atoms. The molecule has 2 fully saturated rings. The van der Waals surface area contributed by atoms with Crippen molar-refractivity contribution in [3.63, 3.8) is 0 Å². The number of thiazole rings is 1. The first kappa shape index (κ1) is 12.6. The molecule has 1 N–H and O–H groups in total. The largest absolute Gasteiger partial charge is 0.313 e. The zero-order chi connectivity index (χ0) is 12.5. The summed E-state index contributed by atoms with van der Waals surface area (Å²) in [7, 11) is 0. The highest BCUT2D eigenvalue weighted by molar-refractivity contribution is 7.09. The molecule has 2 aliphatic rings. The number of rotatable bonds is 5. The van der Waals surface area contributed by atoms with E-state index in [1.54, 1.807) is 11.3 Å². The van der Waals surface area contributed by atoms with Crippen LogP contribution in [0, 0.1) is 6.92 Å². The Morgan fingerprint density at radius 3 is 2.89 bits per heavy atom. The predicted octanol–water partition coefficient (Wildman–Crippen LogP) is 2.73. The molecule has 0 spiro atoms. The van der Waals surface area contributed by atoms with E-state index in [0.717, 1.165) is 6.04 Å². The highest BCUT2D eigenvalue weighted by atomic mass is 32.1. The minimum atomic E-state index is 0.477. The lowest BCUT2D eigenvalue weighted by Gasteiger charge is -2.30. The number of aryl methyl sites for hydroxylation is 1. The molecule has 2 atom stereocenters. The molecule has 1 aromatic heterocycles. The third kappa shape index (κ3) is 2.76. The van der Waals surface area contributed by atoms with Crippen molar-refractivity contribution in [2.24, 2.45) is 0 Å². The minimum absolute atomic E-state index is 0.477. The second kappa shape index (κ2) is 5.27. The van der Waals surface area contributed by atoms with E-state index < -0.39 is 0 Å². The van der Waals surface area contributed by atoms with Gasteiger partial charge in [0.05, 0.1) is 16.7 Å². The molecule has 1 aromatic rings. The first-order valence-corrected chi connectivity index (χ1v) is 8.03. The lowest BCUT2D eigenvalue weighted by Crippen LogP contribution is -2.40. The highest BCUT2D eigenvalue weighted by Gasteiger charge is 2.35. The maximum atomic E-state index is 4.67. The molecule has 1 aliphatic heterocycles. The number of nitrogens with zero attached hydrogens (tertiary/aromatic N) is 2. The monoisotopic (exact) mass is 265 g/mol. The van der Waals surface area contributed by atoms with Crippen LogP contribution in [0.15, 0.2) is 5.38 Å². The Morgan fingerprint density at radius 2 is 2.33 bits per heavy atom. The Balaban J connectivity index is 1.68. The Kier molecular flexibility index (Phi) is 3.68. The van der Waals surface area contributed by atoms with Crippen molar-refractivity contribution in [2.75, 3.05) is 13.1 Å². The molecule has 0 amide bonds. The number of hydrogen-bond donors (Lipinski definition) is 1. The summed E-state index contributed by atoms with van der Waals surface area (Å²) < 4.78 is 0. The normalized spacial score (nSPS) is 25.8. The van der Waals surface area contributed by atoms with Gasteiger partial charge in [-0.2, -0.15) is 0 Å². The third-order valence-corrected chi connectivity index (χ3v) is 4.96. The van der Waals surface area contributed by atoms with E-state index in [4.69, 9.17) is 0 Å².